The summed E-state index contributed by atoms with van der Waals surface area (Å²) in [4.78, 5) is 0. The molecule has 0 saturated heterocycles. The quantitative estimate of drug-likeness (QED) is 0.749. The van der Waals surface area contributed by atoms with Gasteiger partial charge in [-0.2, -0.15) is 0 Å². The van der Waals surface area contributed by atoms with Crippen LogP contribution in [0.4, 0.5) is 0 Å². The van der Waals surface area contributed by atoms with Gasteiger partial charge < -0.3 is 5.32 Å². The Kier molecular flexibility index (Phi) is 6.54. The molecule has 0 heterocycles. The highest BCUT2D eigenvalue weighted by atomic mass is 14.9. The summed E-state index contributed by atoms with van der Waals surface area (Å²) in [5, 5.41) is 3.85. The Balaban J connectivity index is 1.56. The van der Waals surface area contributed by atoms with Crippen molar-refractivity contribution >= 4 is 0 Å². The van der Waals surface area contributed by atoms with E-state index in [1.54, 1.807) is 0 Å². The second-order valence-electron chi connectivity index (χ2n) is 6.91. The van der Waals surface area contributed by atoms with Crippen LogP contribution in [0.5, 0.6) is 0 Å². The Labute approximate surface area is 114 Å². The Morgan fingerprint density at radius 3 is 2.06 bits per heavy atom. The van der Waals surface area contributed by atoms with Crippen LogP contribution in [0.25, 0.3) is 0 Å². The van der Waals surface area contributed by atoms with Crippen molar-refractivity contribution in [2.75, 3.05) is 6.54 Å². The van der Waals surface area contributed by atoms with Gasteiger partial charge in [0.25, 0.3) is 0 Å². The van der Waals surface area contributed by atoms with Gasteiger partial charge in [-0.15, -0.1) is 0 Å². The van der Waals surface area contributed by atoms with Gasteiger partial charge in [0.05, 0.1) is 0 Å². The first-order chi connectivity index (χ1) is 8.84. The second kappa shape index (κ2) is 8.19. The molecule has 1 heteroatoms. The van der Waals surface area contributed by atoms with Gasteiger partial charge in [0, 0.05) is 6.04 Å². The van der Waals surface area contributed by atoms with E-state index in [-0.39, 0.29) is 0 Å². The lowest BCUT2D eigenvalue weighted by Crippen LogP contribution is -2.31. The number of hydrogen-bond acceptors (Lipinski definition) is 1. The average Bonchev–Trinajstić information content (AvgIpc) is 2.34. The molecule has 0 amide bonds. The molecule has 2 rings (SSSR count). The van der Waals surface area contributed by atoms with Crippen LogP contribution in [0.3, 0.4) is 0 Å². The van der Waals surface area contributed by atoms with Gasteiger partial charge in [0.1, 0.15) is 0 Å². The maximum absolute atomic E-state index is 3.85. The minimum atomic E-state index is 0.841. The van der Waals surface area contributed by atoms with Crippen LogP contribution in [0.15, 0.2) is 0 Å². The summed E-state index contributed by atoms with van der Waals surface area (Å²) in [6.45, 7) is 3.70. The maximum atomic E-state index is 3.85. The highest BCUT2D eigenvalue weighted by Gasteiger charge is 2.18. The van der Waals surface area contributed by atoms with Crippen LogP contribution in [-0.2, 0) is 0 Å². The van der Waals surface area contributed by atoms with Crippen molar-refractivity contribution in [2.24, 2.45) is 11.8 Å². The summed E-state index contributed by atoms with van der Waals surface area (Å²) in [6, 6.07) is 0.841. The van der Waals surface area contributed by atoms with Crippen molar-refractivity contribution in [3.63, 3.8) is 0 Å². The van der Waals surface area contributed by atoms with E-state index in [0.29, 0.717) is 0 Å². The molecule has 1 N–H and O–H groups in total. The van der Waals surface area contributed by atoms with E-state index in [1.807, 2.05) is 0 Å². The summed E-state index contributed by atoms with van der Waals surface area (Å²) < 4.78 is 0. The summed E-state index contributed by atoms with van der Waals surface area (Å²) >= 11 is 0. The molecule has 0 spiro atoms. The Morgan fingerprint density at radius 1 is 0.778 bits per heavy atom. The van der Waals surface area contributed by atoms with Gasteiger partial charge in [-0.1, -0.05) is 64.7 Å². The van der Waals surface area contributed by atoms with Gasteiger partial charge in [0.2, 0.25) is 0 Å². The minimum absolute atomic E-state index is 0.841. The lowest BCUT2D eigenvalue weighted by Gasteiger charge is -2.27. The van der Waals surface area contributed by atoms with Crippen LogP contribution < -0.4 is 5.32 Å². The molecular formula is C17H33N. The average molecular weight is 251 g/mol. The molecule has 18 heavy (non-hydrogen) atoms. The van der Waals surface area contributed by atoms with E-state index in [4.69, 9.17) is 0 Å². The SMILES string of the molecule is CC1CCC(CCNC2CCCCCCC2)CC1. The highest BCUT2D eigenvalue weighted by Crippen LogP contribution is 2.30. The van der Waals surface area contributed by atoms with Crippen molar-refractivity contribution in [1.29, 1.82) is 0 Å². The van der Waals surface area contributed by atoms with Gasteiger partial charge >= 0.3 is 0 Å². The summed E-state index contributed by atoms with van der Waals surface area (Å²) in [5.74, 6) is 2.03. The number of rotatable bonds is 4. The van der Waals surface area contributed by atoms with Crippen LogP contribution in [0.1, 0.15) is 84.0 Å². The van der Waals surface area contributed by atoms with Gasteiger partial charge in [-0.25, -0.2) is 0 Å². The van der Waals surface area contributed by atoms with Crippen LogP contribution in [-0.4, -0.2) is 12.6 Å². The number of nitrogens with one attached hydrogen (secondary N) is 1. The fraction of sp³-hybridized carbons (Fsp3) is 1.00. The zero-order valence-electron chi connectivity index (χ0n) is 12.4. The maximum Gasteiger partial charge on any atom is 0.00670 e. The van der Waals surface area contributed by atoms with Crippen LogP contribution in [0, 0.1) is 11.8 Å². The van der Waals surface area contributed by atoms with E-state index < -0.39 is 0 Å². The second-order valence-corrected chi connectivity index (χ2v) is 6.91. The van der Waals surface area contributed by atoms with Crippen molar-refractivity contribution in [2.45, 2.75) is 90.0 Å². The van der Waals surface area contributed by atoms with Crippen LogP contribution in [0.2, 0.25) is 0 Å². The largest absolute Gasteiger partial charge is 0.314 e. The summed E-state index contributed by atoms with van der Waals surface area (Å²) in [7, 11) is 0. The first-order valence-electron chi connectivity index (χ1n) is 8.58. The minimum Gasteiger partial charge on any atom is -0.314 e. The molecule has 2 saturated carbocycles. The lowest BCUT2D eigenvalue weighted by molar-refractivity contribution is 0.269. The fourth-order valence-corrected chi connectivity index (χ4v) is 3.77. The van der Waals surface area contributed by atoms with Gasteiger partial charge in [-0.05, 0) is 37.6 Å². The molecule has 106 valence electrons. The van der Waals surface area contributed by atoms with E-state index >= 15 is 0 Å². The van der Waals surface area contributed by atoms with Gasteiger partial charge in [-0.3, -0.25) is 0 Å². The topological polar surface area (TPSA) is 12.0 Å². The smallest absolute Gasteiger partial charge is 0.00670 e. The van der Waals surface area contributed by atoms with Crippen molar-refractivity contribution in [3.8, 4) is 0 Å². The van der Waals surface area contributed by atoms with Crippen molar-refractivity contribution in [1.82, 2.24) is 5.32 Å². The fourth-order valence-electron chi connectivity index (χ4n) is 3.77. The molecule has 1 nitrogen and oxygen atoms in total. The van der Waals surface area contributed by atoms with E-state index in [1.165, 1.54) is 83.6 Å². The predicted octanol–water partition coefficient (Wildman–Crippen LogP) is 4.91. The standard InChI is InChI=1S/C17H33N/c1-15-9-11-16(12-10-15)13-14-18-17-7-5-3-2-4-6-8-17/h15-18H,2-14H2,1H3. The van der Waals surface area contributed by atoms with Crippen molar-refractivity contribution in [3.05, 3.63) is 0 Å². The van der Waals surface area contributed by atoms with Gasteiger partial charge in [0.15, 0.2) is 0 Å². The Bertz CT molecular complexity index is 198. The van der Waals surface area contributed by atoms with Crippen LogP contribution >= 0.6 is 0 Å². The Morgan fingerprint density at radius 2 is 1.39 bits per heavy atom. The lowest BCUT2D eigenvalue weighted by atomic mass is 9.81. The van der Waals surface area contributed by atoms with Crippen molar-refractivity contribution < 1.29 is 0 Å². The normalized spacial score (nSPS) is 31.8. The summed E-state index contributed by atoms with van der Waals surface area (Å²) in [6.07, 6.45) is 17.6. The highest BCUT2D eigenvalue weighted by molar-refractivity contribution is 4.73. The third-order valence-corrected chi connectivity index (χ3v) is 5.23. The zero-order valence-corrected chi connectivity index (χ0v) is 12.4. The first kappa shape index (κ1) is 14.4. The monoisotopic (exact) mass is 251 g/mol. The molecule has 0 aromatic heterocycles. The molecule has 2 aliphatic carbocycles. The molecule has 2 fully saturated rings. The van der Waals surface area contributed by atoms with E-state index in [2.05, 4.69) is 12.2 Å². The third-order valence-electron chi connectivity index (χ3n) is 5.23. The molecule has 0 aliphatic heterocycles. The summed E-state index contributed by atoms with van der Waals surface area (Å²) in [5.41, 5.74) is 0. The third kappa shape index (κ3) is 5.30. The number of hydrogen-bond donors (Lipinski definition) is 1. The zero-order chi connectivity index (χ0) is 12.6. The molecule has 0 unspecified atom stereocenters. The molecule has 0 aromatic rings. The Hall–Kier alpha value is -0.0400. The molecule has 2 aliphatic rings. The molecular weight excluding hydrogens is 218 g/mol. The van der Waals surface area contributed by atoms with E-state index in [0.717, 1.165) is 17.9 Å². The molecule has 0 radical (unpaired) electrons. The molecule has 0 aromatic carbocycles. The predicted molar refractivity (Wildman–Crippen MR) is 79.8 cm³/mol. The first-order valence-corrected chi connectivity index (χ1v) is 8.58. The molecule has 0 bridgehead atoms. The molecule has 0 atom stereocenters. The van der Waals surface area contributed by atoms with E-state index in [9.17, 15) is 0 Å².